The Balaban J connectivity index is 1.50. The number of nitrogens with zero attached hydrogens (tertiary/aromatic N) is 1. The number of thiophene rings is 1. The molecule has 0 radical (unpaired) electrons. The van der Waals surface area contributed by atoms with Crippen LogP contribution < -0.4 is 16.0 Å². The van der Waals surface area contributed by atoms with Gasteiger partial charge in [0.2, 0.25) is 0 Å². The van der Waals surface area contributed by atoms with E-state index in [0.717, 1.165) is 25.7 Å². The van der Waals surface area contributed by atoms with Crippen molar-refractivity contribution in [2.24, 2.45) is 7.05 Å². The van der Waals surface area contributed by atoms with Gasteiger partial charge in [0, 0.05) is 18.0 Å². The molecule has 0 unspecified atom stereocenters. The lowest BCUT2D eigenvalue weighted by molar-refractivity contribution is 0.0949. The highest BCUT2D eigenvalue weighted by molar-refractivity contribution is 7.89. The van der Waals surface area contributed by atoms with Gasteiger partial charge in [-0.2, -0.15) is 0 Å². The Morgan fingerprint density at radius 3 is 2.79 bits per heavy atom. The lowest BCUT2D eigenvalue weighted by Gasteiger charge is -2.07. The molecule has 28 heavy (non-hydrogen) atoms. The highest BCUT2D eigenvalue weighted by atomic mass is 32.2. The molecule has 0 aliphatic heterocycles. The molecule has 8 nitrogen and oxygen atoms in total. The third kappa shape index (κ3) is 3.50. The number of carbonyl (C=O) groups is 1. The van der Waals surface area contributed by atoms with Crippen LogP contribution in [0.1, 0.15) is 39.4 Å². The number of hydrogen-bond donors (Lipinski definition) is 2. The summed E-state index contributed by atoms with van der Waals surface area (Å²) in [6, 6.07) is 5.92. The van der Waals surface area contributed by atoms with E-state index in [1.165, 1.54) is 58.0 Å². The van der Waals surface area contributed by atoms with Crippen LogP contribution in [-0.2, 0) is 29.9 Å². The third-order valence-corrected chi connectivity index (χ3v) is 7.32. The van der Waals surface area contributed by atoms with Gasteiger partial charge in [-0.25, -0.2) is 13.2 Å². The fourth-order valence-electron chi connectivity index (χ4n) is 3.29. The number of rotatable bonds is 4. The van der Waals surface area contributed by atoms with Crippen LogP contribution in [0, 0.1) is 0 Å². The lowest BCUT2D eigenvalue weighted by atomic mass is 10.1. The Morgan fingerprint density at radius 2 is 1.96 bits per heavy atom. The zero-order valence-corrected chi connectivity index (χ0v) is 16.8. The van der Waals surface area contributed by atoms with Crippen LogP contribution in [0.2, 0.25) is 0 Å². The van der Waals surface area contributed by atoms with Crippen LogP contribution in [0.4, 0.5) is 0 Å². The fraction of sp³-hybridized carbons (Fsp3) is 0.333. The monoisotopic (exact) mass is 421 g/mol. The molecular weight excluding hydrogens is 402 g/mol. The summed E-state index contributed by atoms with van der Waals surface area (Å²) in [5, 5.41) is 0. The first-order valence-electron chi connectivity index (χ1n) is 8.88. The zero-order valence-electron chi connectivity index (χ0n) is 15.1. The second-order valence-electron chi connectivity index (χ2n) is 6.74. The molecule has 0 spiro atoms. The molecule has 2 N–H and O–H groups in total. The topological polar surface area (TPSA) is 110 Å². The maximum Gasteiger partial charge on any atom is 0.419 e. The number of hydrazine groups is 1. The molecule has 0 atom stereocenters. The van der Waals surface area contributed by atoms with E-state index in [4.69, 9.17) is 4.42 Å². The summed E-state index contributed by atoms with van der Waals surface area (Å²) in [5.41, 5.74) is 4.08. The van der Waals surface area contributed by atoms with Gasteiger partial charge >= 0.3 is 5.76 Å². The molecule has 1 amide bonds. The molecular formula is C18H19N3O5S2. The van der Waals surface area contributed by atoms with E-state index in [1.807, 2.05) is 6.07 Å². The molecule has 4 rings (SSSR count). The van der Waals surface area contributed by atoms with Gasteiger partial charge in [0.1, 0.15) is 0 Å². The van der Waals surface area contributed by atoms with E-state index >= 15 is 0 Å². The maximum atomic E-state index is 12.5. The highest BCUT2D eigenvalue weighted by Crippen LogP contribution is 2.28. The third-order valence-electron chi connectivity index (χ3n) is 4.84. The van der Waals surface area contributed by atoms with Crippen molar-refractivity contribution in [3.05, 3.63) is 50.1 Å². The van der Waals surface area contributed by atoms with Crippen LogP contribution in [0.5, 0.6) is 0 Å². The van der Waals surface area contributed by atoms with Crippen LogP contribution in [0.25, 0.3) is 11.1 Å². The number of aromatic nitrogens is 1. The largest absolute Gasteiger partial charge is 0.419 e. The van der Waals surface area contributed by atoms with Crippen molar-refractivity contribution < 1.29 is 17.6 Å². The molecule has 1 aliphatic rings. The maximum absolute atomic E-state index is 12.5. The van der Waals surface area contributed by atoms with E-state index in [2.05, 4.69) is 10.3 Å². The van der Waals surface area contributed by atoms with E-state index < -0.39 is 21.7 Å². The summed E-state index contributed by atoms with van der Waals surface area (Å²) >= 11 is 1.41. The second kappa shape index (κ2) is 7.19. The molecule has 0 saturated carbocycles. The minimum Gasteiger partial charge on any atom is -0.408 e. The minimum atomic E-state index is -4.01. The molecule has 10 heteroatoms. The molecule has 0 bridgehead atoms. The van der Waals surface area contributed by atoms with E-state index in [9.17, 15) is 18.0 Å². The summed E-state index contributed by atoms with van der Waals surface area (Å²) in [4.78, 5) is 27.6. The Kier molecular flexibility index (Phi) is 4.86. The zero-order chi connectivity index (χ0) is 19.9. The van der Waals surface area contributed by atoms with Crippen LogP contribution >= 0.6 is 11.3 Å². The highest BCUT2D eigenvalue weighted by Gasteiger charge is 2.20. The van der Waals surface area contributed by atoms with Gasteiger partial charge in [-0.1, -0.05) is 6.42 Å². The van der Waals surface area contributed by atoms with Crippen molar-refractivity contribution >= 4 is 38.4 Å². The summed E-state index contributed by atoms with van der Waals surface area (Å²) in [6.45, 7) is 0. The number of benzene rings is 1. The first-order valence-corrected chi connectivity index (χ1v) is 11.2. The molecule has 2 aromatic heterocycles. The minimum absolute atomic E-state index is 0.114. The molecule has 148 valence electrons. The molecule has 0 saturated heterocycles. The van der Waals surface area contributed by atoms with Gasteiger partial charge in [-0.3, -0.25) is 14.8 Å². The Bertz CT molecular complexity index is 1200. The first-order chi connectivity index (χ1) is 13.3. The smallest absolute Gasteiger partial charge is 0.408 e. The predicted molar refractivity (Wildman–Crippen MR) is 105 cm³/mol. The van der Waals surface area contributed by atoms with Crippen molar-refractivity contribution in [3.8, 4) is 0 Å². The number of amides is 1. The number of aryl methyl sites for hydroxylation is 3. The summed E-state index contributed by atoms with van der Waals surface area (Å²) in [5.74, 6) is -1.07. The van der Waals surface area contributed by atoms with Crippen LogP contribution in [-0.4, -0.2) is 18.9 Å². The van der Waals surface area contributed by atoms with Gasteiger partial charge in [0.25, 0.3) is 15.9 Å². The predicted octanol–water partition coefficient (Wildman–Crippen LogP) is 2.09. The molecule has 1 aromatic carbocycles. The van der Waals surface area contributed by atoms with Crippen molar-refractivity contribution in [1.82, 2.24) is 14.8 Å². The summed E-state index contributed by atoms with van der Waals surface area (Å²) in [6.07, 6.45) is 5.32. The number of sulfonamides is 1. The van der Waals surface area contributed by atoms with Gasteiger partial charge in [-0.15, -0.1) is 16.2 Å². The summed E-state index contributed by atoms with van der Waals surface area (Å²) < 4.78 is 31.3. The molecule has 1 aliphatic carbocycles. The standard InChI is InChI=1S/C18H19N3O5S2/c1-21-13-8-7-12(10-14(13)26-18(21)23)28(24,25)20-19-17(22)16-9-11-5-3-2-4-6-15(11)27-16/h7-10,20H,2-6H2,1H3,(H,19,22). The van der Waals surface area contributed by atoms with Gasteiger partial charge in [-0.05, 0) is 49.4 Å². The fourth-order valence-corrected chi connectivity index (χ4v) is 5.30. The summed E-state index contributed by atoms with van der Waals surface area (Å²) in [7, 11) is -2.48. The molecule has 2 heterocycles. The Labute approximate surface area is 165 Å². The SMILES string of the molecule is Cn1c(=O)oc2cc(S(=O)(=O)NNC(=O)c3cc4c(s3)CCCCC4)ccc21. The average Bonchev–Trinajstić information content (AvgIpc) is 3.12. The van der Waals surface area contributed by atoms with E-state index in [0.29, 0.717) is 10.4 Å². The lowest BCUT2D eigenvalue weighted by Crippen LogP contribution is -2.41. The van der Waals surface area contributed by atoms with Crippen molar-refractivity contribution in [3.63, 3.8) is 0 Å². The Hall–Kier alpha value is -2.43. The van der Waals surface area contributed by atoms with Crippen molar-refractivity contribution in [1.29, 1.82) is 0 Å². The molecule has 0 fully saturated rings. The first kappa shape index (κ1) is 18.9. The van der Waals surface area contributed by atoms with Gasteiger partial charge in [0.05, 0.1) is 15.3 Å². The van der Waals surface area contributed by atoms with E-state index in [-0.39, 0.29) is 10.5 Å². The average molecular weight is 422 g/mol. The van der Waals surface area contributed by atoms with Crippen molar-refractivity contribution in [2.75, 3.05) is 0 Å². The van der Waals surface area contributed by atoms with Crippen LogP contribution in [0.15, 0.2) is 38.4 Å². The number of nitrogens with one attached hydrogen (secondary N) is 2. The number of hydrogen-bond acceptors (Lipinski definition) is 6. The van der Waals surface area contributed by atoms with Crippen molar-refractivity contribution in [2.45, 2.75) is 37.0 Å². The van der Waals surface area contributed by atoms with Crippen LogP contribution in [0.3, 0.4) is 0 Å². The second-order valence-corrected chi connectivity index (χ2v) is 9.56. The Morgan fingerprint density at radius 1 is 1.18 bits per heavy atom. The van der Waals surface area contributed by atoms with E-state index in [1.54, 1.807) is 0 Å². The normalized spacial score (nSPS) is 14.6. The number of carbonyl (C=O) groups excluding carboxylic acids is 1. The molecule has 3 aromatic rings. The van der Waals surface area contributed by atoms with Gasteiger partial charge < -0.3 is 4.42 Å². The number of fused-ring (bicyclic) bond motifs is 2. The van der Waals surface area contributed by atoms with Gasteiger partial charge in [0.15, 0.2) is 5.58 Å². The number of oxazole rings is 1. The quantitative estimate of drug-likeness (QED) is 0.495.